The molecule has 2 N–H and O–H groups in total. The maximum atomic E-state index is 12.7. The number of esters is 1. The number of anilines is 1. The molecule has 9 heteroatoms. The second-order valence-electron chi connectivity index (χ2n) is 7.04. The summed E-state index contributed by atoms with van der Waals surface area (Å²) in [6.07, 6.45) is 0. The van der Waals surface area contributed by atoms with Crippen LogP contribution in [-0.2, 0) is 14.3 Å². The van der Waals surface area contributed by atoms with Gasteiger partial charge in [0, 0.05) is 11.4 Å². The summed E-state index contributed by atoms with van der Waals surface area (Å²) in [6.45, 7) is 3.80. The summed E-state index contributed by atoms with van der Waals surface area (Å²) in [5.41, 5.74) is 2.49. The average molecular weight is 470 g/mol. The standard InChI is InChI=1S/C24H27N3O5S/c1-5-32-23(29)21-15(2)25-24(33-14-20(28)26-17-9-7-6-8-10-17)27-22(21)16-11-12-18(30-3)19(13-16)31-4/h6-13,22H,5,14H2,1-4H3,(H,25,27)(H,26,28)/t22-/m1/s1. The van der Waals surface area contributed by atoms with Gasteiger partial charge < -0.3 is 24.8 Å². The van der Waals surface area contributed by atoms with Gasteiger partial charge in [-0.05, 0) is 43.7 Å². The molecule has 0 aliphatic carbocycles. The van der Waals surface area contributed by atoms with Crippen molar-refractivity contribution in [1.82, 2.24) is 5.32 Å². The molecule has 174 valence electrons. The lowest BCUT2D eigenvalue weighted by atomic mass is 9.96. The first-order chi connectivity index (χ1) is 16.0. The number of aliphatic imine (C=N–C) groups is 1. The summed E-state index contributed by atoms with van der Waals surface area (Å²) in [5.74, 6) is 0.653. The highest BCUT2D eigenvalue weighted by atomic mass is 32.2. The maximum absolute atomic E-state index is 12.7. The molecule has 0 unspecified atom stereocenters. The number of hydrogen-bond donors (Lipinski definition) is 2. The molecule has 2 aromatic carbocycles. The highest BCUT2D eigenvalue weighted by Crippen LogP contribution is 2.37. The zero-order chi connectivity index (χ0) is 23.8. The molecule has 0 aromatic heterocycles. The summed E-state index contributed by atoms with van der Waals surface area (Å²) in [7, 11) is 3.11. The van der Waals surface area contributed by atoms with Crippen LogP contribution < -0.4 is 20.1 Å². The number of carbonyl (C=O) groups excluding carboxylic acids is 2. The molecule has 1 aliphatic rings. The lowest BCUT2D eigenvalue weighted by molar-refractivity contribution is -0.139. The number of nitrogens with one attached hydrogen (secondary N) is 2. The number of amides is 1. The number of methoxy groups -OCH3 is 2. The van der Waals surface area contributed by atoms with Gasteiger partial charge >= 0.3 is 5.97 Å². The molecule has 1 amide bonds. The number of amidine groups is 1. The molecule has 0 bridgehead atoms. The normalized spacial score (nSPS) is 15.3. The van der Waals surface area contributed by atoms with Crippen molar-refractivity contribution in [2.24, 2.45) is 4.99 Å². The lowest BCUT2D eigenvalue weighted by Gasteiger charge is -2.26. The number of benzene rings is 2. The van der Waals surface area contributed by atoms with Gasteiger partial charge in [-0.3, -0.25) is 4.79 Å². The van der Waals surface area contributed by atoms with E-state index in [1.807, 2.05) is 36.4 Å². The molecule has 33 heavy (non-hydrogen) atoms. The quantitative estimate of drug-likeness (QED) is 0.566. The van der Waals surface area contributed by atoms with Crippen molar-refractivity contribution in [2.75, 3.05) is 31.9 Å². The predicted molar refractivity (Wildman–Crippen MR) is 130 cm³/mol. The number of para-hydroxylation sites is 1. The van der Waals surface area contributed by atoms with Crippen LogP contribution in [-0.4, -0.2) is 43.6 Å². The molecule has 1 aliphatic heterocycles. The molecule has 0 radical (unpaired) electrons. The number of nitrogens with zero attached hydrogens (tertiary/aromatic N) is 1. The van der Waals surface area contributed by atoms with Crippen molar-refractivity contribution in [1.29, 1.82) is 0 Å². The Bertz CT molecular complexity index is 1070. The van der Waals surface area contributed by atoms with Crippen LogP contribution in [0.5, 0.6) is 11.5 Å². The molecule has 0 fully saturated rings. The van der Waals surface area contributed by atoms with E-state index in [2.05, 4.69) is 10.6 Å². The molecule has 2 aromatic rings. The van der Waals surface area contributed by atoms with Gasteiger partial charge in [0.15, 0.2) is 16.7 Å². The molecule has 0 spiro atoms. The van der Waals surface area contributed by atoms with Crippen molar-refractivity contribution < 1.29 is 23.8 Å². The van der Waals surface area contributed by atoms with Crippen molar-refractivity contribution in [3.63, 3.8) is 0 Å². The zero-order valence-electron chi connectivity index (χ0n) is 19.0. The molecule has 1 atom stereocenters. The van der Waals surface area contributed by atoms with E-state index in [4.69, 9.17) is 19.2 Å². The van der Waals surface area contributed by atoms with Crippen molar-refractivity contribution in [2.45, 2.75) is 19.9 Å². The number of allylic oxidation sites excluding steroid dienone is 1. The summed E-state index contributed by atoms with van der Waals surface area (Å²) >= 11 is 1.26. The van der Waals surface area contributed by atoms with E-state index in [9.17, 15) is 9.59 Å². The first kappa shape index (κ1) is 24.2. The molecular formula is C24H27N3O5S. The first-order valence-corrected chi connectivity index (χ1v) is 11.4. The fourth-order valence-corrected chi connectivity index (χ4v) is 4.06. The molecule has 0 saturated carbocycles. The minimum absolute atomic E-state index is 0.154. The van der Waals surface area contributed by atoms with E-state index in [-0.39, 0.29) is 18.3 Å². The van der Waals surface area contributed by atoms with E-state index in [1.54, 1.807) is 40.2 Å². The fourth-order valence-electron chi connectivity index (χ4n) is 3.31. The van der Waals surface area contributed by atoms with Gasteiger partial charge in [0.25, 0.3) is 0 Å². The Kier molecular flexibility index (Phi) is 8.37. The number of rotatable bonds is 8. The number of hydrogen-bond acceptors (Lipinski definition) is 8. The summed E-state index contributed by atoms with van der Waals surface area (Å²) in [5, 5.41) is 6.51. The van der Waals surface area contributed by atoms with Gasteiger partial charge in [0.2, 0.25) is 5.91 Å². The third-order valence-electron chi connectivity index (χ3n) is 4.83. The van der Waals surface area contributed by atoms with Crippen molar-refractivity contribution in [3.8, 4) is 11.5 Å². The van der Waals surface area contributed by atoms with Gasteiger partial charge in [-0.1, -0.05) is 36.0 Å². The summed E-state index contributed by atoms with van der Waals surface area (Å²) in [4.78, 5) is 29.8. The molecular weight excluding hydrogens is 442 g/mol. The molecule has 8 nitrogen and oxygen atoms in total. The van der Waals surface area contributed by atoms with E-state index in [1.165, 1.54) is 11.8 Å². The van der Waals surface area contributed by atoms with E-state index >= 15 is 0 Å². The average Bonchev–Trinajstić information content (AvgIpc) is 2.82. The second kappa shape index (κ2) is 11.4. The highest BCUT2D eigenvalue weighted by Gasteiger charge is 2.31. The van der Waals surface area contributed by atoms with Crippen LogP contribution in [0.15, 0.2) is 64.8 Å². The van der Waals surface area contributed by atoms with Crippen LogP contribution in [0.3, 0.4) is 0 Å². The Labute approximate surface area is 197 Å². The monoisotopic (exact) mass is 469 g/mol. The maximum Gasteiger partial charge on any atom is 0.338 e. The van der Waals surface area contributed by atoms with E-state index < -0.39 is 12.0 Å². The van der Waals surface area contributed by atoms with E-state index in [0.717, 1.165) is 11.3 Å². The predicted octanol–water partition coefficient (Wildman–Crippen LogP) is 3.91. The SMILES string of the molecule is CCOC(=O)C1=C(C)NC(SCC(=O)Nc2ccccc2)=N[C@@H]1c1ccc(OC)c(OC)c1. The van der Waals surface area contributed by atoms with Crippen molar-refractivity contribution >= 4 is 34.5 Å². The van der Waals surface area contributed by atoms with Gasteiger partial charge in [0.1, 0.15) is 6.04 Å². The van der Waals surface area contributed by atoms with Crippen LogP contribution in [0.2, 0.25) is 0 Å². The van der Waals surface area contributed by atoms with Gasteiger partial charge in [-0.2, -0.15) is 0 Å². The highest BCUT2D eigenvalue weighted by molar-refractivity contribution is 8.14. The third kappa shape index (κ3) is 6.07. The number of carbonyl (C=O) groups is 2. The van der Waals surface area contributed by atoms with Crippen LogP contribution in [0, 0.1) is 0 Å². The molecule has 0 saturated heterocycles. The Hall–Kier alpha value is -3.46. The Morgan fingerprint density at radius 3 is 2.48 bits per heavy atom. The van der Waals surface area contributed by atoms with Crippen LogP contribution in [0.4, 0.5) is 5.69 Å². The molecule has 3 rings (SSSR count). The van der Waals surface area contributed by atoms with Gasteiger partial charge in [0.05, 0.1) is 32.2 Å². The summed E-state index contributed by atoms with van der Waals surface area (Å²) < 4.78 is 16.0. The Morgan fingerprint density at radius 1 is 1.09 bits per heavy atom. The smallest absolute Gasteiger partial charge is 0.338 e. The van der Waals surface area contributed by atoms with Crippen LogP contribution in [0.25, 0.3) is 0 Å². The second-order valence-corrected chi connectivity index (χ2v) is 8.00. The minimum atomic E-state index is -0.621. The third-order valence-corrected chi connectivity index (χ3v) is 5.72. The molecule has 1 heterocycles. The van der Waals surface area contributed by atoms with Gasteiger partial charge in [-0.15, -0.1) is 0 Å². The summed E-state index contributed by atoms with van der Waals surface area (Å²) in [6, 6.07) is 14.0. The first-order valence-electron chi connectivity index (χ1n) is 10.4. The Balaban J connectivity index is 1.84. The van der Waals surface area contributed by atoms with Crippen molar-refractivity contribution in [3.05, 3.63) is 65.4 Å². The van der Waals surface area contributed by atoms with Crippen LogP contribution in [0.1, 0.15) is 25.5 Å². The van der Waals surface area contributed by atoms with Crippen LogP contribution >= 0.6 is 11.8 Å². The van der Waals surface area contributed by atoms with E-state index in [0.29, 0.717) is 27.9 Å². The number of ether oxygens (including phenoxy) is 3. The largest absolute Gasteiger partial charge is 0.493 e. The zero-order valence-corrected chi connectivity index (χ0v) is 19.8. The fraction of sp³-hybridized carbons (Fsp3) is 0.292. The minimum Gasteiger partial charge on any atom is -0.493 e. The van der Waals surface area contributed by atoms with Gasteiger partial charge in [-0.25, -0.2) is 9.79 Å². The lowest BCUT2D eigenvalue weighted by Crippen LogP contribution is -2.31. The Morgan fingerprint density at radius 2 is 1.82 bits per heavy atom. The topological polar surface area (TPSA) is 98.2 Å². The number of thioether (sulfide) groups is 1.